The van der Waals surface area contributed by atoms with Crippen molar-refractivity contribution in [2.24, 2.45) is 0 Å². The van der Waals surface area contributed by atoms with Gasteiger partial charge in [0, 0.05) is 19.5 Å². The molecule has 1 aromatic rings. The highest BCUT2D eigenvalue weighted by Gasteiger charge is 2.08. The number of hydrogen-bond donors (Lipinski definition) is 0. The Morgan fingerprint density at radius 2 is 2.18 bits per heavy atom. The van der Waals surface area contributed by atoms with Crippen LogP contribution in [0.3, 0.4) is 0 Å². The van der Waals surface area contributed by atoms with Crippen molar-refractivity contribution in [2.45, 2.75) is 19.3 Å². The molecule has 0 saturated carbocycles. The number of halogens is 2. The van der Waals surface area contributed by atoms with Gasteiger partial charge in [-0.1, -0.05) is 6.42 Å². The Bertz CT molecular complexity index is 351. The molecule has 0 fully saturated rings. The van der Waals surface area contributed by atoms with Crippen LogP contribution in [0.5, 0.6) is 5.88 Å². The molecule has 4 nitrogen and oxygen atoms in total. The van der Waals surface area contributed by atoms with E-state index in [9.17, 15) is 0 Å². The Kier molecular flexibility index (Phi) is 6.58. The molecule has 0 spiro atoms. The van der Waals surface area contributed by atoms with Gasteiger partial charge >= 0.3 is 0 Å². The molecule has 0 saturated heterocycles. The first-order chi connectivity index (χ1) is 8.19. The minimum atomic E-state index is 0.558. The van der Waals surface area contributed by atoms with Crippen LogP contribution in [-0.4, -0.2) is 36.6 Å². The van der Waals surface area contributed by atoms with Crippen molar-refractivity contribution < 1.29 is 4.74 Å². The summed E-state index contributed by atoms with van der Waals surface area (Å²) in [7, 11) is 3.57. The van der Waals surface area contributed by atoms with Crippen molar-refractivity contribution in [1.82, 2.24) is 9.97 Å². The number of alkyl halides is 1. The molecule has 1 heterocycles. The highest BCUT2D eigenvalue weighted by molar-refractivity contribution is 9.10. The average Bonchev–Trinajstić information content (AvgIpc) is 2.35. The van der Waals surface area contributed by atoms with Gasteiger partial charge in [0.05, 0.1) is 17.8 Å². The Hall–Kier alpha value is -0.550. The summed E-state index contributed by atoms with van der Waals surface area (Å²) in [4.78, 5) is 10.6. The van der Waals surface area contributed by atoms with E-state index in [1.807, 2.05) is 11.9 Å². The molecule has 0 aromatic carbocycles. The van der Waals surface area contributed by atoms with E-state index in [-0.39, 0.29) is 0 Å². The predicted molar refractivity (Wildman–Crippen MR) is 74.1 cm³/mol. The summed E-state index contributed by atoms with van der Waals surface area (Å²) in [5.41, 5.74) is 0. The van der Waals surface area contributed by atoms with Gasteiger partial charge in [0.15, 0.2) is 0 Å². The number of rotatable bonds is 7. The average molecular weight is 323 g/mol. The Balaban J connectivity index is 2.53. The van der Waals surface area contributed by atoms with Crippen LogP contribution in [0, 0.1) is 0 Å². The zero-order valence-corrected chi connectivity index (χ0v) is 12.5. The maximum atomic E-state index is 5.63. The number of unbranched alkanes of at least 4 members (excludes halogenated alkanes) is 2. The third kappa shape index (κ3) is 4.68. The molecular formula is C11H17BrClN3O. The third-order valence-electron chi connectivity index (χ3n) is 2.36. The highest BCUT2D eigenvalue weighted by Crippen LogP contribution is 2.23. The quantitative estimate of drug-likeness (QED) is 0.571. The van der Waals surface area contributed by atoms with Crippen molar-refractivity contribution in [3.05, 3.63) is 10.7 Å². The fourth-order valence-corrected chi connectivity index (χ4v) is 1.93. The minimum Gasteiger partial charge on any atom is -0.480 e. The molecule has 0 bridgehead atoms. The van der Waals surface area contributed by atoms with Gasteiger partial charge < -0.3 is 9.64 Å². The van der Waals surface area contributed by atoms with E-state index in [0.29, 0.717) is 11.8 Å². The maximum absolute atomic E-state index is 5.63. The molecule has 1 rings (SSSR count). The Morgan fingerprint density at radius 3 is 2.82 bits per heavy atom. The third-order valence-corrected chi connectivity index (χ3v) is 3.17. The molecule has 6 heteroatoms. The van der Waals surface area contributed by atoms with Crippen LogP contribution < -0.4 is 9.64 Å². The van der Waals surface area contributed by atoms with Crippen LogP contribution in [0.25, 0.3) is 0 Å². The zero-order chi connectivity index (χ0) is 12.7. The molecular weight excluding hydrogens is 305 g/mol. The first-order valence-electron chi connectivity index (χ1n) is 5.52. The molecule has 0 N–H and O–H groups in total. The monoisotopic (exact) mass is 321 g/mol. The van der Waals surface area contributed by atoms with Gasteiger partial charge in [-0.15, -0.1) is 11.6 Å². The smallest absolute Gasteiger partial charge is 0.232 e. The Labute approximate surface area is 115 Å². The van der Waals surface area contributed by atoms with Crippen molar-refractivity contribution in [2.75, 3.05) is 31.5 Å². The number of anilines is 1. The summed E-state index contributed by atoms with van der Waals surface area (Å²) >= 11 is 8.96. The SMILES string of the molecule is COc1nc(N(C)CCCCCCl)ncc1Br. The van der Waals surface area contributed by atoms with Gasteiger partial charge in [0.1, 0.15) is 0 Å². The van der Waals surface area contributed by atoms with Gasteiger partial charge in [-0.25, -0.2) is 4.98 Å². The van der Waals surface area contributed by atoms with Crippen molar-refractivity contribution in [1.29, 1.82) is 0 Å². The van der Waals surface area contributed by atoms with Crippen LogP contribution in [0.2, 0.25) is 0 Å². The summed E-state index contributed by atoms with van der Waals surface area (Å²) in [6, 6.07) is 0. The molecule has 17 heavy (non-hydrogen) atoms. The predicted octanol–water partition coefficient (Wildman–Crippen LogP) is 3.09. The molecule has 0 amide bonds. The van der Waals surface area contributed by atoms with E-state index in [4.69, 9.17) is 16.3 Å². The van der Waals surface area contributed by atoms with Crippen LogP contribution >= 0.6 is 27.5 Å². The van der Waals surface area contributed by atoms with Crippen LogP contribution in [0.1, 0.15) is 19.3 Å². The molecule has 0 aliphatic heterocycles. The fourth-order valence-electron chi connectivity index (χ4n) is 1.39. The summed E-state index contributed by atoms with van der Waals surface area (Å²) in [5, 5.41) is 0. The molecule has 0 atom stereocenters. The van der Waals surface area contributed by atoms with Gasteiger partial charge in [0.2, 0.25) is 11.8 Å². The van der Waals surface area contributed by atoms with E-state index in [0.717, 1.165) is 36.2 Å². The van der Waals surface area contributed by atoms with Crippen LogP contribution in [-0.2, 0) is 0 Å². The van der Waals surface area contributed by atoms with Gasteiger partial charge in [-0.2, -0.15) is 4.98 Å². The summed E-state index contributed by atoms with van der Waals surface area (Å²) < 4.78 is 5.90. The van der Waals surface area contributed by atoms with Crippen molar-refractivity contribution in [3.63, 3.8) is 0 Å². The maximum Gasteiger partial charge on any atom is 0.232 e. The highest BCUT2D eigenvalue weighted by atomic mass is 79.9. The van der Waals surface area contributed by atoms with Crippen LogP contribution in [0.15, 0.2) is 10.7 Å². The second kappa shape index (κ2) is 7.71. The van der Waals surface area contributed by atoms with Gasteiger partial charge in [-0.3, -0.25) is 0 Å². The standard InChI is InChI=1S/C11H17BrClN3O/c1-16(7-5-3-4-6-13)11-14-8-9(12)10(15-11)17-2/h8H,3-7H2,1-2H3. The van der Waals surface area contributed by atoms with E-state index < -0.39 is 0 Å². The number of ether oxygens (including phenoxy) is 1. The topological polar surface area (TPSA) is 38.2 Å². The molecule has 1 aromatic heterocycles. The Morgan fingerprint density at radius 1 is 1.41 bits per heavy atom. The van der Waals surface area contributed by atoms with Crippen LogP contribution in [0.4, 0.5) is 5.95 Å². The lowest BCUT2D eigenvalue weighted by Crippen LogP contribution is -2.21. The van der Waals surface area contributed by atoms with E-state index in [2.05, 4.69) is 25.9 Å². The first kappa shape index (κ1) is 14.5. The number of hydrogen-bond acceptors (Lipinski definition) is 4. The normalized spacial score (nSPS) is 10.4. The minimum absolute atomic E-state index is 0.558. The lowest BCUT2D eigenvalue weighted by atomic mass is 10.2. The molecule has 0 aliphatic rings. The number of aromatic nitrogens is 2. The lowest BCUT2D eigenvalue weighted by molar-refractivity contribution is 0.394. The van der Waals surface area contributed by atoms with Crippen molar-refractivity contribution >= 4 is 33.5 Å². The first-order valence-corrected chi connectivity index (χ1v) is 6.85. The second-order valence-electron chi connectivity index (χ2n) is 3.70. The summed E-state index contributed by atoms with van der Waals surface area (Å²) in [6.45, 7) is 0.918. The van der Waals surface area contributed by atoms with Crippen molar-refractivity contribution in [3.8, 4) is 5.88 Å². The van der Waals surface area contributed by atoms with Gasteiger partial charge in [0.25, 0.3) is 0 Å². The molecule has 0 unspecified atom stereocenters. The molecule has 96 valence electrons. The lowest BCUT2D eigenvalue weighted by Gasteiger charge is -2.17. The second-order valence-corrected chi connectivity index (χ2v) is 4.93. The van der Waals surface area contributed by atoms with E-state index in [1.165, 1.54) is 0 Å². The van der Waals surface area contributed by atoms with E-state index >= 15 is 0 Å². The zero-order valence-electron chi connectivity index (χ0n) is 10.1. The largest absolute Gasteiger partial charge is 0.480 e. The van der Waals surface area contributed by atoms with Gasteiger partial charge in [-0.05, 0) is 28.8 Å². The molecule has 0 radical (unpaired) electrons. The summed E-state index contributed by atoms with van der Waals surface area (Å²) in [5.74, 6) is 1.96. The number of nitrogens with zero attached hydrogens (tertiary/aromatic N) is 3. The van der Waals surface area contributed by atoms with E-state index in [1.54, 1.807) is 13.3 Å². The number of methoxy groups -OCH3 is 1. The fraction of sp³-hybridized carbons (Fsp3) is 0.636. The molecule has 0 aliphatic carbocycles. The summed E-state index contributed by atoms with van der Waals surface area (Å²) in [6.07, 6.45) is 4.98.